The molecule has 6 heteroatoms. The molecule has 1 fully saturated rings. The minimum atomic E-state index is -0.780. The molecule has 0 bridgehead atoms. The Balaban J connectivity index is 1.85. The van der Waals surface area contributed by atoms with Crippen molar-refractivity contribution in [1.29, 1.82) is 0 Å². The van der Waals surface area contributed by atoms with E-state index in [2.05, 4.69) is 9.88 Å². The summed E-state index contributed by atoms with van der Waals surface area (Å²) in [5, 5.41) is 11.5. The fourth-order valence-corrected chi connectivity index (χ4v) is 2.83. The van der Waals surface area contributed by atoms with Crippen molar-refractivity contribution in [2.24, 2.45) is 0 Å². The SMILES string of the molecule is CN(CC1CCCO1)c1nc(CCC(=O)O)cs1. The minimum absolute atomic E-state index is 0.138. The van der Waals surface area contributed by atoms with Gasteiger partial charge in [-0.1, -0.05) is 0 Å². The van der Waals surface area contributed by atoms with Gasteiger partial charge in [0.15, 0.2) is 5.13 Å². The van der Waals surface area contributed by atoms with Crippen molar-refractivity contribution in [2.75, 3.05) is 25.1 Å². The molecule has 1 aliphatic heterocycles. The zero-order valence-electron chi connectivity index (χ0n) is 10.5. The Labute approximate surface area is 110 Å². The Morgan fingerprint density at radius 1 is 1.72 bits per heavy atom. The molecule has 0 aromatic carbocycles. The number of anilines is 1. The van der Waals surface area contributed by atoms with Gasteiger partial charge in [0.1, 0.15) is 0 Å². The second kappa shape index (κ2) is 6.15. The fraction of sp³-hybridized carbons (Fsp3) is 0.667. The van der Waals surface area contributed by atoms with Gasteiger partial charge in [0, 0.05) is 32.0 Å². The highest BCUT2D eigenvalue weighted by atomic mass is 32.1. The molecule has 5 nitrogen and oxygen atoms in total. The first kappa shape index (κ1) is 13.3. The van der Waals surface area contributed by atoms with Gasteiger partial charge in [-0.05, 0) is 12.8 Å². The molecule has 1 saturated heterocycles. The predicted octanol–water partition coefficient (Wildman–Crippen LogP) is 1.78. The topological polar surface area (TPSA) is 62.7 Å². The normalized spacial score (nSPS) is 19.1. The Bertz CT molecular complexity index is 402. The highest BCUT2D eigenvalue weighted by Gasteiger charge is 2.18. The quantitative estimate of drug-likeness (QED) is 0.853. The average Bonchev–Trinajstić information content (AvgIpc) is 2.96. The van der Waals surface area contributed by atoms with Crippen LogP contribution in [0.4, 0.5) is 5.13 Å². The summed E-state index contributed by atoms with van der Waals surface area (Å²) in [7, 11) is 2.00. The van der Waals surface area contributed by atoms with Crippen LogP contribution in [-0.2, 0) is 16.0 Å². The van der Waals surface area contributed by atoms with E-state index in [1.165, 1.54) is 0 Å². The van der Waals surface area contributed by atoms with Gasteiger partial charge in [0.05, 0.1) is 18.2 Å². The van der Waals surface area contributed by atoms with Crippen LogP contribution in [0.5, 0.6) is 0 Å². The number of carbonyl (C=O) groups is 1. The van der Waals surface area contributed by atoms with Crippen molar-refractivity contribution < 1.29 is 14.6 Å². The number of hydrogen-bond acceptors (Lipinski definition) is 5. The van der Waals surface area contributed by atoms with Gasteiger partial charge in [-0.3, -0.25) is 4.79 Å². The molecular formula is C12H18N2O3S. The molecule has 2 heterocycles. The van der Waals surface area contributed by atoms with Crippen LogP contribution in [0.1, 0.15) is 25.0 Å². The van der Waals surface area contributed by atoms with Crippen LogP contribution in [0.15, 0.2) is 5.38 Å². The van der Waals surface area contributed by atoms with E-state index in [-0.39, 0.29) is 6.42 Å². The van der Waals surface area contributed by atoms with Crippen LogP contribution in [0.25, 0.3) is 0 Å². The number of aryl methyl sites for hydroxylation is 1. The summed E-state index contributed by atoms with van der Waals surface area (Å²) in [6.45, 7) is 1.71. The average molecular weight is 270 g/mol. The van der Waals surface area contributed by atoms with Crippen LogP contribution in [0, 0.1) is 0 Å². The lowest BCUT2D eigenvalue weighted by Gasteiger charge is -2.19. The smallest absolute Gasteiger partial charge is 0.303 e. The van der Waals surface area contributed by atoms with E-state index >= 15 is 0 Å². The maximum atomic E-state index is 10.5. The molecule has 0 aliphatic carbocycles. The maximum Gasteiger partial charge on any atom is 0.303 e. The Morgan fingerprint density at radius 2 is 2.56 bits per heavy atom. The fourth-order valence-electron chi connectivity index (χ4n) is 1.99. The molecule has 1 aromatic heterocycles. The standard InChI is InChI=1S/C12H18N2O3S/c1-14(7-10-3-2-6-17-10)12-13-9(8-18-12)4-5-11(15)16/h8,10H,2-7H2,1H3,(H,15,16). The zero-order valence-corrected chi connectivity index (χ0v) is 11.3. The van der Waals surface area contributed by atoms with Crippen molar-refractivity contribution >= 4 is 22.4 Å². The van der Waals surface area contributed by atoms with Gasteiger partial charge >= 0.3 is 5.97 Å². The first-order chi connectivity index (χ1) is 8.65. The van der Waals surface area contributed by atoms with Crippen LogP contribution in [0.3, 0.4) is 0 Å². The number of nitrogens with zero attached hydrogens (tertiary/aromatic N) is 2. The van der Waals surface area contributed by atoms with Crippen molar-refractivity contribution in [3.05, 3.63) is 11.1 Å². The summed E-state index contributed by atoms with van der Waals surface area (Å²) in [6.07, 6.45) is 3.20. The van der Waals surface area contributed by atoms with Gasteiger partial charge in [-0.25, -0.2) is 4.98 Å². The first-order valence-corrected chi connectivity index (χ1v) is 7.02. The van der Waals surface area contributed by atoms with Crippen molar-refractivity contribution in [2.45, 2.75) is 31.8 Å². The van der Waals surface area contributed by atoms with E-state index in [0.29, 0.717) is 12.5 Å². The molecule has 0 radical (unpaired) electrons. The van der Waals surface area contributed by atoms with Crippen molar-refractivity contribution in [3.8, 4) is 0 Å². The van der Waals surface area contributed by atoms with Crippen LogP contribution >= 0.6 is 11.3 Å². The van der Waals surface area contributed by atoms with E-state index < -0.39 is 5.97 Å². The number of likely N-dealkylation sites (N-methyl/N-ethyl adjacent to an activating group) is 1. The molecule has 0 spiro atoms. The van der Waals surface area contributed by atoms with E-state index in [0.717, 1.165) is 36.8 Å². The van der Waals surface area contributed by atoms with E-state index in [1.807, 2.05) is 12.4 Å². The van der Waals surface area contributed by atoms with E-state index in [9.17, 15) is 4.79 Å². The number of hydrogen-bond donors (Lipinski definition) is 1. The summed E-state index contributed by atoms with van der Waals surface area (Å²) in [5.41, 5.74) is 0.858. The molecule has 1 unspecified atom stereocenters. The predicted molar refractivity (Wildman–Crippen MR) is 70.3 cm³/mol. The lowest BCUT2D eigenvalue weighted by Crippen LogP contribution is -2.28. The summed E-state index contributed by atoms with van der Waals surface area (Å²) >= 11 is 1.56. The second-order valence-corrected chi connectivity index (χ2v) is 5.37. The molecule has 1 N–H and O–H groups in total. The third-order valence-electron chi connectivity index (χ3n) is 2.96. The Hall–Kier alpha value is -1.14. The third kappa shape index (κ3) is 3.68. The number of ether oxygens (including phenoxy) is 1. The summed E-state index contributed by atoms with van der Waals surface area (Å²) in [6, 6.07) is 0. The molecule has 18 heavy (non-hydrogen) atoms. The maximum absolute atomic E-state index is 10.5. The van der Waals surface area contributed by atoms with Gasteiger partial charge < -0.3 is 14.7 Å². The molecular weight excluding hydrogens is 252 g/mol. The van der Waals surface area contributed by atoms with Crippen LogP contribution < -0.4 is 4.90 Å². The third-order valence-corrected chi connectivity index (χ3v) is 3.97. The van der Waals surface area contributed by atoms with Crippen LogP contribution in [0.2, 0.25) is 0 Å². The highest BCUT2D eigenvalue weighted by molar-refractivity contribution is 7.13. The molecule has 0 saturated carbocycles. The Morgan fingerprint density at radius 3 is 3.22 bits per heavy atom. The van der Waals surface area contributed by atoms with Gasteiger partial charge in [0.2, 0.25) is 0 Å². The number of thiazole rings is 1. The van der Waals surface area contributed by atoms with E-state index in [1.54, 1.807) is 11.3 Å². The summed E-state index contributed by atoms with van der Waals surface area (Å²) < 4.78 is 5.59. The molecule has 100 valence electrons. The molecule has 2 rings (SSSR count). The largest absolute Gasteiger partial charge is 0.481 e. The monoisotopic (exact) mass is 270 g/mol. The van der Waals surface area contributed by atoms with Gasteiger partial charge in [-0.2, -0.15) is 0 Å². The number of aliphatic carboxylic acids is 1. The number of carboxylic acids is 1. The molecule has 1 aromatic rings. The number of carboxylic acid groups (broad SMARTS) is 1. The van der Waals surface area contributed by atoms with Gasteiger partial charge in [0.25, 0.3) is 0 Å². The summed E-state index contributed by atoms with van der Waals surface area (Å²) in [4.78, 5) is 17.0. The molecule has 1 aliphatic rings. The molecule has 1 atom stereocenters. The lowest BCUT2D eigenvalue weighted by molar-refractivity contribution is -0.136. The van der Waals surface area contributed by atoms with Crippen LogP contribution in [-0.4, -0.2) is 42.4 Å². The van der Waals surface area contributed by atoms with Gasteiger partial charge in [-0.15, -0.1) is 11.3 Å². The van der Waals surface area contributed by atoms with E-state index in [4.69, 9.17) is 9.84 Å². The molecule has 0 amide bonds. The zero-order chi connectivity index (χ0) is 13.0. The number of rotatable bonds is 6. The second-order valence-electron chi connectivity index (χ2n) is 4.53. The van der Waals surface area contributed by atoms with Crippen molar-refractivity contribution in [3.63, 3.8) is 0 Å². The highest BCUT2D eigenvalue weighted by Crippen LogP contribution is 2.22. The minimum Gasteiger partial charge on any atom is -0.481 e. The van der Waals surface area contributed by atoms with Crippen molar-refractivity contribution in [1.82, 2.24) is 4.98 Å². The number of aromatic nitrogens is 1. The Kier molecular flexibility index (Phi) is 4.54. The first-order valence-electron chi connectivity index (χ1n) is 6.14. The lowest BCUT2D eigenvalue weighted by atomic mass is 10.2. The summed E-state index contributed by atoms with van der Waals surface area (Å²) in [5.74, 6) is -0.780.